The minimum Gasteiger partial charge on any atom is -0.293 e. The number of benzene rings is 2. The lowest BCUT2D eigenvalue weighted by molar-refractivity contribution is 1.47. The molecule has 0 unspecified atom stereocenters. The van der Waals surface area contributed by atoms with Gasteiger partial charge in [-0.1, -0.05) is 12.1 Å². The van der Waals surface area contributed by atoms with E-state index in [4.69, 9.17) is 10.5 Å². The Balaban J connectivity index is 2.49. The summed E-state index contributed by atoms with van der Waals surface area (Å²) in [6.45, 7) is 0. The van der Waals surface area contributed by atoms with Crippen molar-refractivity contribution in [3.8, 4) is 12.4 Å². The second-order valence-electron chi connectivity index (χ2n) is 3.25. The molecule has 2 aromatic rings. The van der Waals surface area contributed by atoms with Crippen molar-refractivity contribution in [2.45, 2.75) is 0 Å². The highest BCUT2D eigenvalue weighted by atomic mass is 14.9. The van der Waals surface area contributed by atoms with E-state index in [1.807, 2.05) is 48.8 Å². The van der Waals surface area contributed by atoms with Gasteiger partial charge in [0, 0.05) is 11.4 Å². The van der Waals surface area contributed by atoms with Crippen LogP contribution in [-0.2, 0) is 0 Å². The van der Waals surface area contributed by atoms with E-state index >= 15 is 0 Å². The molecule has 2 aromatic carbocycles. The Morgan fingerprint density at radius 2 is 1.25 bits per heavy atom. The van der Waals surface area contributed by atoms with Gasteiger partial charge >= 0.3 is 0 Å². The average Bonchev–Trinajstić information content (AvgIpc) is 2.29. The van der Waals surface area contributed by atoms with Gasteiger partial charge in [0.25, 0.3) is 0 Å². The van der Waals surface area contributed by atoms with Crippen molar-refractivity contribution in [3.63, 3.8) is 0 Å². The molecule has 0 aliphatic rings. The number of fused-ring (bicyclic) bond motifs is 1. The van der Waals surface area contributed by atoms with Crippen LogP contribution >= 0.6 is 0 Å². The molecule has 2 N–H and O–H groups in total. The first-order chi connectivity index (χ1) is 7.83. The van der Waals surface area contributed by atoms with E-state index in [2.05, 4.69) is 10.6 Å². The summed E-state index contributed by atoms with van der Waals surface area (Å²) in [5, 5.41) is 24.2. The summed E-state index contributed by atoms with van der Waals surface area (Å²) in [5.41, 5.74) is 1.48. The number of hydrogen-bond acceptors (Lipinski definition) is 4. The average molecular weight is 208 g/mol. The monoisotopic (exact) mass is 208 g/mol. The first-order valence-electron chi connectivity index (χ1n) is 4.67. The predicted octanol–water partition coefficient (Wildman–Crippen LogP) is 2.63. The van der Waals surface area contributed by atoms with Gasteiger partial charge in [-0.15, -0.1) is 0 Å². The van der Waals surface area contributed by atoms with Crippen molar-refractivity contribution >= 4 is 22.1 Å². The minimum absolute atomic E-state index is 0.740. The SMILES string of the molecule is N#CNc1ccc2ccc(NC#N)cc2c1. The Labute approximate surface area is 92.7 Å². The summed E-state index contributed by atoms with van der Waals surface area (Å²) >= 11 is 0. The van der Waals surface area contributed by atoms with Crippen molar-refractivity contribution in [2.24, 2.45) is 0 Å². The van der Waals surface area contributed by atoms with Crippen LogP contribution in [0.2, 0.25) is 0 Å². The number of nitriles is 2. The van der Waals surface area contributed by atoms with Crippen molar-refractivity contribution in [2.75, 3.05) is 10.6 Å². The molecule has 0 atom stereocenters. The molecular weight excluding hydrogens is 200 g/mol. The number of nitrogens with one attached hydrogen (secondary N) is 2. The third-order valence-corrected chi connectivity index (χ3v) is 2.24. The number of anilines is 2. The summed E-state index contributed by atoms with van der Waals surface area (Å²) in [5.74, 6) is 0. The number of rotatable bonds is 2. The van der Waals surface area contributed by atoms with Crippen LogP contribution in [0.4, 0.5) is 11.4 Å². The van der Waals surface area contributed by atoms with E-state index in [9.17, 15) is 0 Å². The van der Waals surface area contributed by atoms with E-state index in [0.29, 0.717) is 0 Å². The molecule has 4 heteroatoms. The van der Waals surface area contributed by atoms with E-state index in [-0.39, 0.29) is 0 Å². The molecule has 0 aliphatic heterocycles. The van der Waals surface area contributed by atoms with Gasteiger partial charge in [-0.3, -0.25) is 10.6 Å². The molecule has 16 heavy (non-hydrogen) atoms. The third kappa shape index (κ3) is 1.87. The van der Waals surface area contributed by atoms with Gasteiger partial charge in [0.05, 0.1) is 0 Å². The lowest BCUT2D eigenvalue weighted by Gasteiger charge is -2.03. The van der Waals surface area contributed by atoms with Crippen LogP contribution in [0.5, 0.6) is 0 Å². The van der Waals surface area contributed by atoms with Gasteiger partial charge in [-0.05, 0) is 35.0 Å². The summed E-state index contributed by atoms with van der Waals surface area (Å²) in [7, 11) is 0. The Morgan fingerprint density at radius 3 is 1.69 bits per heavy atom. The van der Waals surface area contributed by atoms with Gasteiger partial charge in [-0.25, -0.2) is 0 Å². The van der Waals surface area contributed by atoms with Crippen LogP contribution in [0.3, 0.4) is 0 Å². The normalized spacial score (nSPS) is 9.12. The van der Waals surface area contributed by atoms with Crippen LogP contribution in [0.15, 0.2) is 36.4 Å². The fourth-order valence-electron chi connectivity index (χ4n) is 1.53. The number of nitrogens with zero attached hydrogens (tertiary/aromatic N) is 2. The summed E-state index contributed by atoms with van der Waals surface area (Å²) in [6.07, 6.45) is 3.74. The first kappa shape index (κ1) is 9.82. The van der Waals surface area contributed by atoms with Crippen LogP contribution in [0.1, 0.15) is 0 Å². The largest absolute Gasteiger partial charge is 0.293 e. The Bertz CT molecular complexity index is 554. The van der Waals surface area contributed by atoms with Crippen LogP contribution in [-0.4, -0.2) is 0 Å². The van der Waals surface area contributed by atoms with Crippen molar-refractivity contribution in [1.82, 2.24) is 0 Å². The van der Waals surface area contributed by atoms with Crippen molar-refractivity contribution in [3.05, 3.63) is 36.4 Å². The summed E-state index contributed by atoms with van der Waals surface area (Å²) in [4.78, 5) is 0. The van der Waals surface area contributed by atoms with Gasteiger partial charge in [0.15, 0.2) is 12.4 Å². The van der Waals surface area contributed by atoms with E-state index in [0.717, 1.165) is 22.1 Å². The fourth-order valence-corrected chi connectivity index (χ4v) is 1.53. The Kier molecular flexibility index (Phi) is 2.58. The molecule has 0 saturated heterocycles. The Morgan fingerprint density at radius 1 is 0.750 bits per heavy atom. The molecule has 2 rings (SSSR count). The molecule has 0 fully saturated rings. The van der Waals surface area contributed by atoms with Crippen molar-refractivity contribution < 1.29 is 0 Å². The minimum atomic E-state index is 0.740. The fraction of sp³-hybridized carbons (Fsp3) is 0. The molecule has 0 heterocycles. The van der Waals surface area contributed by atoms with Gasteiger partial charge in [0.2, 0.25) is 0 Å². The van der Waals surface area contributed by atoms with Gasteiger partial charge < -0.3 is 0 Å². The lowest BCUT2D eigenvalue weighted by atomic mass is 10.1. The maximum atomic E-state index is 8.51. The maximum absolute atomic E-state index is 8.51. The third-order valence-electron chi connectivity index (χ3n) is 2.24. The molecular formula is C12H8N4. The Hall–Kier alpha value is -2.72. The summed E-state index contributed by atoms with van der Waals surface area (Å²) in [6, 6.07) is 11.2. The maximum Gasteiger partial charge on any atom is 0.181 e. The van der Waals surface area contributed by atoms with E-state index in [1.165, 1.54) is 0 Å². The zero-order chi connectivity index (χ0) is 11.4. The number of hydrogen-bond donors (Lipinski definition) is 2. The van der Waals surface area contributed by atoms with E-state index < -0.39 is 0 Å². The van der Waals surface area contributed by atoms with Crippen LogP contribution in [0, 0.1) is 22.9 Å². The lowest BCUT2D eigenvalue weighted by Crippen LogP contribution is -1.89. The zero-order valence-electron chi connectivity index (χ0n) is 8.36. The first-order valence-corrected chi connectivity index (χ1v) is 4.67. The highest BCUT2D eigenvalue weighted by Crippen LogP contribution is 2.22. The quantitative estimate of drug-likeness (QED) is 0.587. The van der Waals surface area contributed by atoms with Gasteiger partial charge in [-0.2, -0.15) is 10.5 Å². The van der Waals surface area contributed by atoms with Crippen molar-refractivity contribution in [1.29, 1.82) is 10.5 Å². The molecule has 76 valence electrons. The zero-order valence-corrected chi connectivity index (χ0v) is 8.36. The topological polar surface area (TPSA) is 71.6 Å². The second-order valence-corrected chi connectivity index (χ2v) is 3.25. The smallest absolute Gasteiger partial charge is 0.181 e. The molecule has 0 amide bonds. The highest BCUT2D eigenvalue weighted by Gasteiger charge is 1.97. The predicted molar refractivity (Wildman–Crippen MR) is 62.4 cm³/mol. The molecule has 0 radical (unpaired) electrons. The van der Waals surface area contributed by atoms with Crippen LogP contribution in [0.25, 0.3) is 10.8 Å². The summed E-state index contributed by atoms with van der Waals surface area (Å²) < 4.78 is 0. The molecule has 4 nitrogen and oxygen atoms in total. The molecule has 0 aromatic heterocycles. The van der Waals surface area contributed by atoms with E-state index in [1.54, 1.807) is 0 Å². The molecule has 0 aliphatic carbocycles. The second kappa shape index (κ2) is 4.20. The highest BCUT2D eigenvalue weighted by molar-refractivity contribution is 5.88. The standard InChI is InChI=1S/C12H8N4/c13-7-15-11-3-1-9-2-4-12(16-8-14)6-10(9)5-11/h1-6,15-16H. The molecule has 0 saturated carbocycles. The molecule has 0 spiro atoms. The molecule has 0 bridgehead atoms. The van der Waals surface area contributed by atoms with Gasteiger partial charge in [0.1, 0.15) is 0 Å². The van der Waals surface area contributed by atoms with Crippen LogP contribution < -0.4 is 10.6 Å².